The molecule has 1 amide bonds. The van der Waals surface area contributed by atoms with Crippen molar-refractivity contribution in [1.29, 1.82) is 0 Å². The first kappa shape index (κ1) is 25.8. The third kappa shape index (κ3) is 6.47. The first-order chi connectivity index (χ1) is 17.0. The van der Waals surface area contributed by atoms with Crippen LogP contribution in [0.1, 0.15) is 27.0 Å². The van der Waals surface area contributed by atoms with Gasteiger partial charge in [-0.25, -0.2) is 0 Å². The molecule has 2 heterocycles. The number of fused-ring (bicyclic) bond motifs is 1. The van der Waals surface area contributed by atoms with Crippen molar-refractivity contribution in [3.63, 3.8) is 0 Å². The monoisotopic (exact) mass is 603 g/mol. The molecule has 4 rings (SSSR count). The molecule has 1 atom stereocenters. The molecule has 3 aromatic rings. The zero-order chi connectivity index (χ0) is 24.8. The molecule has 0 saturated carbocycles. The Labute approximate surface area is 219 Å². The SMILES string of the molecule is COCCN1CCc2ccc(Nc3ncc(Br)c([AsH]c4c(CF)cccc4C(N)=O)n3)cc2CC1. The minimum absolute atomic E-state index is 0.352. The fourth-order valence-electron chi connectivity index (χ4n) is 4.12. The van der Waals surface area contributed by atoms with Crippen LogP contribution in [0.5, 0.6) is 0 Å². The Morgan fingerprint density at radius 1 is 1.26 bits per heavy atom. The second kappa shape index (κ2) is 12.1. The number of carbonyl (C=O) groups excluding carboxylic acids is 1. The van der Waals surface area contributed by atoms with Crippen LogP contribution in [0.2, 0.25) is 0 Å². The second-order valence-corrected chi connectivity index (χ2v) is 11.7. The van der Waals surface area contributed by atoms with E-state index in [0.29, 0.717) is 21.4 Å². The number of aromatic nitrogens is 2. The molecule has 184 valence electrons. The number of amides is 1. The third-order valence-electron chi connectivity index (χ3n) is 6.02. The predicted octanol–water partition coefficient (Wildman–Crippen LogP) is 1.99. The summed E-state index contributed by atoms with van der Waals surface area (Å²) in [6.45, 7) is 3.05. The molecule has 10 heteroatoms. The van der Waals surface area contributed by atoms with Gasteiger partial charge < -0.3 is 4.74 Å². The van der Waals surface area contributed by atoms with Crippen molar-refractivity contribution in [1.82, 2.24) is 14.9 Å². The van der Waals surface area contributed by atoms with E-state index in [-0.39, 0.29) is 0 Å². The van der Waals surface area contributed by atoms with E-state index in [2.05, 4.69) is 49.3 Å². The summed E-state index contributed by atoms with van der Waals surface area (Å²) in [5.74, 6) is -0.103. The van der Waals surface area contributed by atoms with Crippen molar-refractivity contribution in [2.45, 2.75) is 19.5 Å². The summed E-state index contributed by atoms with van der Waals surface area (Å²) in [5.41, 5.74) is 9.99. The average Bonchev–Trinajstić information content (AvgIpc) is 3.06. The topological polar surface area (TPSA) is 93.4 Å². The van der Waals surface area contributed by atoms with Gasteiger partial charge in [0.2, 0.25) is 0 Å². The number of hydrogen-bond donors (Lipinski definition) is 2. The molecule has 1 aliphatic rings. The van der Waals surface area contributed by atoms with Gasteiger partial charge in [-0.15, -0.1) is 0 Å². The maximum atomic E-state index is 13.7. The number of rotatable bonds is 9. The Morgan fingerprint density at radius 3 is 2.80 bits per heavy atom. The van der Waals surface area contributed by atoms with E-state index in [1.807, 2.05) is 0 Å². The molecule has 1 unspecified atom stereocenters. The van der Waals surface area contributed by atoms with Gasteiger partial charge in [0.15, 0.2) is 0 Å². The molecule has 1 aliphatic heterocycles. The molecule has 0 bridgehead atoms. The van der Waals surface area contributed by atoms with E-state index in [4.69, 9.17) is 15.5 Å². The number of anilines is 2. The van der Waals surface area contributed by atoms with Gasteiger partial charge in [-0.1, -0.05) is 0 Å². The van der Waals surface area contributed by atoms with Gasteiger partial charge in [-0.2, -0.15) is 0 Å². The van der Waals surface area contributed by atoms with Crippen LogP contribution in [0.3, 0.4) is 0 Å². The van der Waals surface area contributed by atoms with Crippen LogP contribution in [-0.4, -0.2) is 69.9 Å². The Kier molecular flexibility index (Phi) is 8.89. The van der Waals surface area contributed by atoms with Crippen LogP contribution >= 0.6 is 15.9 Å². The van der Waals surface area contributed by atoms with Crippen LogP contribution in [0.25, 0.3) is 0 Å². The number of benzene rings is 2. The van der Waals surface area contributed by atoms with Crippen LogP contribution in [0.4, 0.5) is 16.0 Å². The summed E-state index contributed by atoms with van der Waals surface area (Å²) in [7, 11) is 1.73. The average molecular weight is 604 g/mol. The molecular formula is C25H28AsBrFN5O2. The van der Waals surface area contributed by atoms with Gasteiger partial charge in [0.25, 0.3) is 0 Å². The first-order valence-electron chi connectivity index (χ1n) is 11.4. The number of carbonyl (C=O) groups is 1. The number of primary amides is 1. The fourth-order valence-corrected chi connectivity index (χ4v) is 7.42. The number of nitrogens with zero attached hydrogens (tertiary/aromatic N) is 3. The molecule has 35 heavy (non-hydrogen) atoms. The van der Waals surface area contributed by atoms with E-state index in [0.717, 1.165) is 53.7 Å². The molecule has 0 spiro atoms. The summed E-state index contributed by atoms with van der Waals surface area (Å²) in [4.78, 5) is 23.5. The molecule has 0 radical (unpaired) electrons. The second-order valence-electron chi connectivity index (χ2n) is 8.30. The van der Waals surface area contributed by atoms with Crippen LogP contribution in [0, 0.1) is 0 Å². The van der Waals surface area contributed by atoms with E-state index >= 15 is 0 Å². The summed E-state index contributed by atoms with van der Waals surface area (Å²) in [5, 5.41) is 3.32. The van der Waals surface area contributed by atoms with E-state index in [1.54, 1.807) is 31.5 Å². The zero-order valence-corrected chi connectivity index (χ0v) is 23.2. The molecule has 7 nitrogen and oxygen atoms in total. The fraction of sp³-hybridized carbons (Fsp3) is 0.320. The molecule has 0 saturated heterocycles. The molecule has 1 aromatic heterocycles. The normalized spacial score (nSPS) is 14.1. The first-order valence-corrected chi connectivity index (χ1v) is 14.2. The molecular weight excluding hydrogens is 576 g/mol. The van der Waals surface area contributed by atoms with Gasteiger partial charge in [0, 0.05) is 7.11 Å². The Bertz CT molecular complexity index is 1210. The standard InChI is InChI=1S/C25H28AsBrFN5O2/c1-35-12-11-33-9-7-16-5-6-19(13-17(16)8-10-33)31-25-30-15-21(27)23(32-25)26-22-18(14-28)3-2-4-20(22)24(29)34/h2-6,13,15,26H,7-12,14H2,1H3,(H2,29,34)(H,30,31,32). The van der Waals surface area contributed by atoms with Crippen molar-refractivity contribution in [3.8, 4) is 0 Å². The number of hydrogen-bond acceptors (Lipinski definition) is 6. The zero-order valence-electron chi connectivity index (χ0n) is 19.5. The number of halogens is 2. The summed E-state index contributed by atoms with van der Waals surface area (Å²) >= 11 is 2.36. The minimum atomic E-state index is -1.16. The van der Waals surface area contributed by atoms with Gasteiger partial charge >= 0.3 is 208 Å². The molecule has 0 fully saturated rings. The summed E-state index contributed by atoms with van der Waals surface area (Å²) < 4.78 is 21.0. The van der Waals surface area contributed by atoms with Crippen molar-refractivity contribution in [3.05, 3.63) is 69.3 Å². The number of methoxy groups -OCH3 is 1. The van der Waals surface area contributed by atoms with Gasteiger partial charge in [0.05, 0.1) is 0 Å². The summed E-state index contributed by atoms with van der Waals surface area (Å²) in [6, 6.07) is 11.4. The Hall–Kier alpha value is -2.32. The van der Waals surface area contributed by atoms with Crippen molar-refractivity contribution in [2.24, 2.45) is 5.73 Å². The van der Waals surface area contributed by atoms with E-state index in [1.165, 1.54) is 11.1 Å². The number of ether oxygens (including phenoxy) is 1. The van der Waals surface area contributed by atoms with E-state index in [9.17, 15) is 9.18 Å². The van der Waals surface area contributed by atoms with Gasteiger partial charge in [-0.05, 0) is 0 Å². The van der Waals surface area contributed by atoms with Crippen molar-refractivity contribution >= 4 is 58.1 Å². The third-order valence-corrected chi connectivity index (χ3v) is 10.4. The van der Waals surface area contributed by atoms with Gasteiger partial charge in [0.1, 0.15) is 0 Å². The molecule has 2 aromatic carbocycles. The number of alkyl halides is 1. The van der Waals surface area contributed by atoms with Crippen LogP contribution < -0.4 is 19.9 Å². The predicted molar refractivity (Wildman–Crippen MR) is 141 cm³/mol. The maximum absolute atomic E-state index is 13.7. The van der Waals surface area contributed by atoms with Crippen LogP contribution in [-0.2, 0) is 24.3 Å². The number of nitrogens with one attached hydrogen (secondary N) is 1. The van der Waals surface area contributed by atoms with Crippen LogP contribution in [0.15, 0.2) is 47.1 Å². The molecule has 3 N–H and O–H groups in total. The van der Waals surface area contributed by atoms with Crippen molar-refractivity contribution in [2.75, 3.05) is 38.7 Å². The quantitative estimate of drug-likeness (QED) is 0.364. The Balaban J connectivity index is 1.53. The van der Waals surface area contributed by atoms with E-state index < -0.39 is 28.3 Å². The Morgan fingerprint density at radius 2 is 2.06 bits per heavy atom. The summed E-state index contributed by atoms with van der Waals surface area (Å²) in [6.07, 6.45) is 3.68. The molecule has 0 aliphatic carbocycles. The number of nitrogens with two attached hydrogens (primary N) is 1. The van der Waals surface area contributed by atoms with Gasteiger partial charge in [-0.3, -0.25) is 0 Å². The van der Waals surface area contributed by atoms with Crippen molar-refractivity contribution < 1.29 is 13.9 Å².